The fourth-order valence-corrected chi connectivity index (χ4v) is 3.09. The second kappa shape index (κ2) is 9.21. The standard InChI is InChI=1S/C19H20BrNO2.ClH/c20-17-8-6-15(7-9-17)14-21-12-10-18(11-13-21)23-19(22)16-4-2-1-3-5-16;/h1-9,18H,10-14H2;1H. The van der Waals surface area contributed by atoms with E-state index in [1.807, 2.05) is 18.2 Å². The average Bonchev–Trinajstić information content (AvgIpc) is 2.59. The van der Waals surface area contributed by atoms with E-state index in [-0.39, 0.29) is 24.5 Å². The Balaban J connectivity index is 0.00000208. The molecule has 0 unspecified atom stereocenters. The number of hydrogen-bond acceptors (Lipinski definition) is 3. The van der Waals surface area contributed by atoms with Gasteiger partial charge < -0.3 is 4.74 Å². The first-order valence-electron chi connectivity index (χ1n) is 7.93. The van der Waals surface area contributed by atoms with Crippen LogP contribution in [0.2, 0.25) is 0 Å². The summed E-state index contributed by atoms with van der Waals surface area (Å²) in [7, 11) is 0. The molecule has 2 aromatic rings. The van der Waals surface area contributed by atoms with Crippen molar-refractivity contribution >= 4 is 34.3 Å². The number of piperidine rings is 1. The highest BCUT2D eigenvalue weighted by atomic mass is 79.9. The van der Waals surface area contributed by atoms with E-state index >= 15 is 0 Å². The molecular weight excluding hydrogens is 390 g/mol. The molecule has 1 fully saturated rings. The Morgan fingerprint density at radius 3 is 2.29 bits per heavy atom. The van der Waals surface area contributed by atoms with E-state index in [0.717, 1.165) is 36.9 Å². The van der Waals surface area contributed by atoms with Crippen molar-refractivity contribution in [2.24, 2.45) is 0 Å². The largest absolute Gasteiger partial charge is 0.459 e. The molecule has 1 heterocycles. The van der Waals surface area contributed by atoms with Gasteiger partial charge in [-0.2, -0.15) is 0 Å². The maximum absolute atomic E-state index is 12.1. The van der Waals surface area contributed by atoms with E-state index < -0.39 is 0 Å². The molecule has 24 heavy (non-hydrogen) atoms. The molecule has 0 bridgehead atoms. The molecule has 1 saturated heterocycles. The van der Waals surface area contributed by atoms with E-state index in [2.05, 4.69) is 45.1 Å². The van der Waals surface area contributed by atoms with Gasteiger partial charge in [-0.15, -0.1) is 12.4 Å². The van der Waals surface area contributed by atoms with Crippen molar-refractivity contribution in [3.8, 4) is 0 Å². The highest BCUT2D eigenvalue weighted by Gasteiger charge is 2.22. The quantitative estimate of drug-likeness (QED) is 0.685. The molecular formula is C19H21BrClNO2. The normalized spacial score (nSPS) is 15.5. The molecule has 0 saturated carbocycles. The number of esters is 1. The number of carbonyl (C=O) groups excluding carboxylic acids is 1. The molecule has 0 atom stereocenters. The summed E-state index contributed by atoms with van der Waals surface area (Å²) in [6.45, 7) is 2.87. The lowest BCUT2D eigenvalue weighted by atomic mass is 10.1. The SMILES string of the molecule is Cl.O=C(OC1CCN(Cc2ccc(Br)cc2)CC1)c1ccccc1. The number of likely N-dealkylation sites (tertiary alicyclic amines) is 1. The van der Waals surface area contributed by atoms with Crippen molar-refractivity contribution in [3.05, 3.63) is 70.2 Å². The first-order chi connectivity index (χ1) is 11.2. The lowest BCUT2D eigenvalue weighted by molar-refractivity contribution is 0.0104. The van der Waals surface area contributed by atoms with Gasteiger partial charge in [0.15, 0.2) is 0 Å². The van der Waals surface area contributed by atoms with E-state index in [0.29, 0.717) is 5.56 Å². The third-order valence-corrected chi connectivity index (χ3v) is 4.67. The summed E-state index contributed by atoms with van der Waals surface area (Å²) in [6.07, 6.45) is 1.83. The van der Waals surface area contributed by atoms with Crippen LogP contribution in [0.25, 0.3) is 0 Å². The van der Waals surface area contributed by atoms with Crippen LogP contribution in [-0.2, 0) is 11.3 Å². The lowest BCUT2D eigenvalue weighted by Crippen LogP contribution is -2.37. The Kier molecular flexibility index (Phi) is 7.28. The highest BCUT2D eigenvalue weighted by molar-refractivity contribution is 9.10. The molecule has 0 N–H and O–H groups in total. The van der Waals surface area contributed by atoms with Crippen LogP contribution < -0.4 is 0 Å². The van der Waals surface area contributed by atoms with Crippen molar-refractivity contribution in [1.82, 2.24) is 4.90 Å². The van der Waals surface area contributed by atoms with Gasteiger partial charge in [-0.3, -0.25) is 4.90 Å². The predicted octanol–water partition coefficient (Wildman–Crippen LogP) is 4.69. The van der Waals surface area contributed by atoms with Crippen LogP contribution in [0.3, 0.4) is 0 Å². The second-order valence-corrected chi connectivity index (χ2v) is 6.79. The van der Waals surface area contributed by atoms with Gasteiger partial charge in [0, 0.05) is 24.1 Å². The van der Waals surface area contributed by atoms with Crippen LogP contribution in [0, 0.1) is 0 Å². The topological polar surface area (TPSA) is 29.5 Å². The molecule has 0 spiro atoms. The number of ether oxygens (including phenoxy) is 1. The second-order valence-electron chi connectivity index (χ2n) is 5.87. The van der Waals surface area contributed by atoms with Crippen molar-refractivity contribution in [1.29, 1.82) is 0 Å². The zero-order valence-electron chi connectivity index (χ0n) is 13.4. The van der Waals surface area contributed by atoms with Crippen LogP contribution >= 0.6 is 28.3 Å². The smallest absolute Gasteiger partial charge is 0.338 e. The fraction of sp³-hybridized carbons (Fsp3) is 0.316. The van der Waals surface area contributed by atoms with Gasteiger partial charge in [-0.1, -0.05) is 46.3 Å². The molecule has 1 aliphatic heterocycles. The van der Waals surface area contributed by atoms with Crippen LogP contribution in [0.1, 0.15) is 28.8 Å². The van der Waals surface area contributed by atoms with E-state index in [1.165, 1.54) is 5.56 Å². The van der Waals surface area contributed by atoms with Gasteiger partial charge in [0.25, 0.3) is 0 Å². The zero-order chi connectivity index (χ0) is 16.1. The number of rotatable bonds is 4. The van der Waals surface area contributed by atoms with Crippen LogP contribution in [0.4, 0.5) is 0 Å². The van der Waals surface area contributed by atoms with Gasteiger partial charge in [-0.05, 0) is 42.7 Å². The van der Waals surface area contributed by atoms with Gasteiger partial charge >= 0.3 is 5.97 Å². The maximum atomic E-state index is 12.1. The number of halogens is 2. The van der Waals surface area contributed by atoms with E-state index in [1.54, 1.807) is 12.1 Å². The summed E-state index contributed by atoms with van der Waals surface area (Å²) in [4.78, 5) is 14.5. The molecule has 5 heteroatoms. The molecule has 0 aliphatic carbocycles. The monoisotopic (exact) mass is 409 g/mol. The minimum absolute atomic E-state index is 0. The third-order valence-electron chi connectivity index (χ3n) is 4.14. The molecule has 128 valence electrons. The first-order valence-corrected chi connectivity index (χ1v) is 8.73. The Morgan fingerprint density at radius 1 is 1.04 bits per heavy atom. The van der Waals surface area contributed by atoms with Crippen LogP contribution in [0.15, 0.2) is 59.1 Å². The average molecular weight is 411 g/mol. The fourth-order valence-electron chi connectivity index (χ4n) is 2.83. The lowest BCUT2D eigenvalue weighted by Gasteiger charge is -2.31. The number of benzene rings is 2. The van der Waals surface area contributed by atoms with Crippen LogP contribution in [-0.4, -0.2) is 30.1 Å². The first kappa shape index (κ1) is 19.0. The van der Waals surface area contributed by atoms with Crippen molar-refractivity contribution in [2.75, 3.05) is 13.1 Å². The van der Waals surface area contributed by atoms with Gasteiger partial charge in [0.05, 0.1) is 5.56 Å². The third kappa shape index (κ3) is 5.33. The molecule has 0 amide bonds. The minimum Gasteiger partial charge on any atom is -0.459 e. The van der Waals surface area contributed by atoms with Crippen molar-refractivity contribution < 1.29 is 9.53 Å². The summed E-state index contributed by atoms with van der Waals surface area (Å²) < 4.78 is 6.72. The Bertz CT molecular complexity index is 640. The molecule has 0 aromatic heterocycles. The molecule has 2 aromatic carbocycles. The molecule has 3 nitrogen and oxygen atoms in total. The van der Waals surface area contributed by atoms with E-state index in [4.69, 9.17) is 4.74 Å². The Morgan fingerprint density at radius 2 is 1.67 bits per heavy atom. The van der Waals surface area contributed by atoms with Crippen molar-refractivity contribution in [2.45, 2.75) is 25.5 Å². The van der Waals surface area contributed by atoms with Gasteiger partial charge in [0.1, 0.15) is 6.10 Å². The Hall–Kier alpha value is -1.36. The zero-order valence-corrected chi connectivity index (χ0v) is 15.8. The Labute approximate surface area is 157 Å². The summed E-state index contributed by atoms with van der Waals surface area (Å²) in [5.41, 5.74) is 1.94. The minimum atomic E-state index is -0.211. The molecule has 1 aliphatic rings. The van der Waals surface area contributed by atoms with Gasteiger partial charge in [0.2, 0.25) is 0 Å². The summed E-state index contributed by atoms with van der Waals surface area (Å²) in [5, 5.41) is 0. The summed E-state index contributed by atoms with van der Waals surface area (Å²) >= 11 is 3.46. The highest BCUT2D eigenvalue weighted by Crippen LogP contribution is 2.19. The number of hydrogen-bond donors (Lipinski definition) is 0. The summed E-state index contributed by atoms with van der Waals surface area (Å²) in [6, 6.07) is 17.6. The molecule has 3 rings (SSSR count). The number of nitrogens with zero attached hydrogens (tertiary/aromatic N) is 1. The van der Waals surface area contributed by atoms with Crippen molar-refractivity contribution in [3.63, 3.8) is 0 Å². The summed E-state index contributed by atoms with van der Waals surface area (Å²) in [5.74, 6) is -0.211. The number of carbonyl (C=O) groups is 1. The molecule has 0 radical (unpaired) electrons. The van der Waals surface area contributed by atoms with Crippen LogP contribution in [0.5, 0.6) is 0 Å². The predicted molar refractivity (Wildman–Crippen MR) is 102 cm³/mol. The van der Waals surface area contributed by atoms with Gasteiger partial charge in [-0.25, -0.2) is 4.79 Å². The van der Waals surface area contributed by atoms with E-state index in [9.17, 15) is 4.79 Å². The maximum Gasteiger partial charge on any atom is 0.338 e.